The number of nitrogens with one attached hydrogen (secondary N) is 2. The average molecular weight is 787 g/mol. The summed E-state index contributed by atoms with van der Waals surface area (Å²) in [6.45, 7) is 17.2. The fraction of sp³-hybridized carbons (Fsp3) is 0.523. The molecule has 3 saturated carbocycles. The Kier molecular flexibility index (Phi) is 11.8. The van der Waals surface area contributed by atoms with Crippen LogP contribution >= 0.6 is 0 Å². The Bertz CT molecular complexity index is 1950. The van der Waals surface area contributed by atoms with Crippen molar-refractivity contribution in [1.29, 1.82) is 0 Å². The summed E-state index contributed by atoms with van der Waals surface area (Å²) in [5.74, 6) is -1.89. The highest BCUT2D eigenvalue weighted by Crippen LogP contribution is 2.65. The largest absolute Gasteiger partial charge is 0.495 e. The summed E-state index contributed by atoms with van der Waals surface area (Å²) in [6.07, 6.45) is 0.832. The number of halogens is 1. The van der Waals surface area contributed by atoms with Gasteiger partial charge < -0.3 is 38.9 Å². The molecule has 1 heterocycles. The third-order valence-electron chi connectivity index (χ3n) is 11.4. The highest BCUT2D eigenvalue weighted by molar-refractivity contribution is 6.48. The number of methoxy groups -OCH3 is 1. The number of amides is 2. The van der Waals surface area contributed by atoms with Gasteiger partial charge in [-0.3, -0.25) is 4.79 Å². The lowest BCUT2D eigenvalue weighted by molar-refractivity contribution is -0.199. The van der Waals surface area contributed by atoms with Gasteiger partial charge in [0.2, 0.25) is 5.91 Å². The molecule has 2 N–H and O–H groups in total. The van der Waals surface area contributed by atoms with Crippen molar-refractivity contribution in [3.05, 3.63) is 94.8 Å². The van der Waals surface area contributed by atoms with Gasteiger partial charge in [0.1, 0.15) is 46.7 Å². The van der Waals surface area contributed by atoms with Crippen LogP contribution in [0.2, 0.25) is 0 Å². The zero-order valence-corrected chi connectivity index (χ0v) is 34.7. The molecule has 0 spiro atoms. The summed E-state index contributed by atoms with van der Waals surface area (Å²) >= 11 is 0. The summed E-state index contributed by atoms with van der Waals surface area (Å²) in [7, 11) is 0.413. The molecule has 13 heteroatoms. The number of esters is 1. The van der Waals surface area contributed by atoms with Gasteiger partial charge >= 0.3 is 19.2 Å². The summed E-state index contributed by atoms with van der Waals surface area (Å²) in [6, 6.07) is 18.1. The molecule has 2 amide bonds. The third-order valence-corrected chi connectivity index (χ3v) is 11.4. The topological polar surface area (TPSA) is 131 Å². The maximum atomic E-state index is 15.4. The predicted molar refractivity (Wildman–Crippen MR) is 213 cm³/mol. The molecule has 57 heavy (non-hydrogen) atoms. The number of benzene rings is 3. The first kappa shape index (κ1) is 42.0. The molecule has 1 aliphatic heterocycles. The molecule has 0 unspecified atom stereocenters. The van der Waals surface area contributed by atoms with Gasteiger partial charge in [-0.25, -0.2) is 14.0 Å². The van der Waals surface area contributed by atoms with Crippen molar-refractivity contribution < 1.29 is 47.0 Å². The highest BCUT2D eigenvalue weighted by atomic mass is 19.1. The van der Waals surface area contributed by atoms with Crippen LogP contribution in [-0.2, 0) is 36.6 Å². The zero-order valence-electron chi connectivity index (χ0n) is 34.7. The van der Waals surface area contributed by atoms with Crippen LogP contribution in [0.1, 0.15) is 108 Å². The fourth-order valence-electron chi connectivity index (χ4n) is 8.53. The van der Waals surface area contributed by atoms with Crippen molar-refractivity contribution in [2.75, 3.05) is 7.11 Å². The lowest BCUT2D eigenvalue weighted by Crippen LogP contribution is -2.65. The van der Waals surface area contributed by atoms with Gasteiger partial charge in [0.15, 0.2) is 0 Å². The zero-order chi connectivity index (χ0) is 41.5. The summed E-state index contributed by atoms with van der Waals surface area (Å²) < 4.78 is 51.7. The molecule has 0 radical (unpaired) electrons. The van der Waals surface area contributed by atoms with Gasteiger partial charge in [0.25, 0.3) is 0 Å². The molecule has 7 rings (SSSR count). The predicted octanol–water partition coefficient (Wildman–Crippen LogP) is 7.93. The SMILES string of the molecule is COc1c(C[C@H](NC(=O)[C@H](NC(=O)OC(C)(C)C)c2ccc(OCc3ccccc3)cc2)B2O[C@@H]3C[C@@H]4C[C@@H](C4(C)C)[C@]3(C)O2)ccc(F)c1C(=O)OC(C)(C)C. The standard InChI is InChI=1S/C44H56BFN2O9/c1-41(2,3)54-39(50)35-31(46)21-18-28(37(35)52-10)22-34(45-56-33-24-29-23-32(43(29,7)8)44(33,9)57-45)47-38(49)36(48-40(51)55-42(4,5)6)27-16-19-30(20-17-27)53-25-26-14-12-11-13-15-26/h11-21,29,32-34,36H,22-25H2,1-10H3,(H,47,49)(H,48,51)/t29-,32-,33+,34-,36+,44-/m0/s1. The van der Waals surface area contributed by atoms with Crippen molar-refractivity contribution in [2.45, 2.75) is 123 Å². The Morgan fingerprint density at radius 3 is 2.18 bits per heavy atom. The van der Waals surface area contributed by atoms with Gasteiger partial charge in [-0.05, 0) is 120 Å². The Balaban J connectivity index is 1.33. The molecule has 3 aromatic carbocycles. The Hall–Kier alpha value is -4.62. The normalized spacial score (nSPS) is 23.3. The van der Waals surface area contributed by atoms with Crippen LogP contribution in [0.5, 0.6) is 11.5 Å². The molecule has 4 fully saturated rings. The van der Waals surface area contributed by atoms with Crippen LogP contribution in [-0.4, -0.2) is 61.0 Å². The van der Waals surface area contributed by atoms with Crippen LogP contribution in [0.4, 0.5) is 9.18 Å². The number of hydrogen-bond acceptors (Lipinski definition) is 9. The quantitative estimate of drug-likeness (QED) is 0.139. The second-order valence-electron chi connectivity index (χ2n) is 18.2. The minimum Gasteiger partial charge on any atom is -0.495 e. The minimum absolute atomic E-state index is 0.0152. The van der Waals surface area contributed by atoms with E-state index in [2.05, 4.69) is 31.4 Å². The lowest BCUT2D eigenvalue weighted by atomic mass is 9.43. The minimum atomic E-state index is -1.22. The Morgan fingerprint density at radius 1 is 0.895 bits per heavy atom. The first-order chi connectivity index (χ1) is 26.7. The monoisotopic (exact) mass is 786 g/mol. The summed E-state index contributed by atoms with van der Waals surface area (Å²) in [4.78, 5) is 41.2. The van der Waals surface area contributed by atoms with E-state index in [-0.39, 0.29) is 35.2 Å². The molecule has 4 aliphatic rings. The van der Waals surface area contributed by atoms with Crippen LogP contribution in [0.3, 0.4) is 0 Å². The Labute approximate surface area is 335 Å². The molecule has 6 atom stereocenters. The number of carbonyl (C=O) groups is 3. The van der Waals surface area contributed by atoms with Crippen LogP contribution in [0.15, 0.2) is 66.7 Å². The number of hydrogen-bond donors (Lipinski definition) is 2. The van der Waals surface area contributed by atoms with Crippen LogP contribution < -0.4 is 20.1 Å². The van der Waals surface area contributed by atoms with Crippen molar-refractivity contribution in [3.8, 4) is 11.5 Å². The molecule has 1 saturated heterocycles. The molecule has 306 valence electrons. The van der Waals surface area contributed by atoms with Gasteiger partial charge in [0, 0.05) is 0 Å². The van der Waals surface area contributed by atoms with Gasteiger partial charge in [0.05, 0.1) is 24.8 Å². The van der Waals surface area contributed by atoms with Gasteiger partial charge in [-0.15, -0.1) is 0 Å². The first-order valence-corrected chi connectivity index (χ1v) is 19.7. The molecule has 0 aromatic heterocycles. The van der Waals surface area contributed by atoms with E-state index in [1.165, 1.54) is 19.2 Å². The second kappa shape index (κ2) is 16.0. The molecule has 3 aliphatic carbocycles. The van der Waals surface area contributed by atoms with E-state index < -0.39 is 59.7 Å². The van der Waals surface area contributed by atoms with E-state index >= 15 is 4.39 Å². The number of alkyl carbamates (subject to hydrolysis) is 1. The summed E-state index contributed by atoms with van der Waals surface area (Å²) in [5.41, 5.74) is -0.766. The van der Waals surface area contributed by atoms with Gasteiger partial charge in [-0.2, -0.15) is 0 Å². The van der Waals surface area contributed by atoms with Gasteiger partial charge in [-0.1, -0.05) is 62.4 Å². The van der Waals surface area contributed by atoms with Crippen molar-refractivity contribution in [1.82, 2.24) is 10.6 Å². The molecule has 2 bridgehead atoms. The summed E-state index contributed by atoms with van der Waals surface area (Å²) in [5, 5.41) is 5.86. The van der Waals surface area contributed by atoms with E-state index in [1.807, 2.05) is 30.3 Å². The fourth-order valence-corrected chi connectivity index (χ4v) is 8.53. The van der Waals surface area contributed by atoms with E-state index in [9.17, 15) is 14.4 Å². The second-order valence-corrected chi connectivity index (χ2v) is 18.2. The average Bonchev–Trinajstić information content (AvgIpc) is 3.49. The van der Waals surface area contributed by atoms with E-state index in [4.69, 9.17) is 28.3 Å². The molecular weight excluding hydrogens is 730 g/mol. The number of rotatable bonds is 12. The maximum Gasteiger partial charge on any atom is 0.482 e. The third kappa shape index (κ3) is 9.25. The lowest BCUT2D eigenvalue weighted by Gasteiger charge is -2.64. The van der Waals surface area contributed by atoms with Crippen LogP contribution in [0.25, 0.3) is 0 Å². The van der Waals surface area contributed by atoms with Crippen molar-refractivity contribution >= 4 is 25.1 Å². The molecule has 3 aromatic rings. The van der Waals surface area contributed by atoms with E-state index in [0.29, 0.717) is 29.4 Å². The highest BCUT2D eigenvalue weighted by Gasteiger charge is 2.68. The van der Waals surface area contributed by atoms with Crippen molar-refractivity contribution in [3.63, 3.8) is 0 Å². The molecular formula is C44H56BFN2O9. The Morgan fingerprint density at radius 2 is 1.56 bits per heavy atom. The van der Waals surface area contributed by atoms with E-state index in [0.717, 1.165) is 18.4 Å². The number of ether oxygens (including phenoxy) is 4. The smallest absolute Gasteiger partial charge is 0.482 e. The number of carbonyl (C=O) groups excluding carboxylic acids is 3. The first-order valence-electron chi connectivity index (χ1n) is 19.7. The van der Waals surface area contributed by atoms with Crippen molar-refractivity contribution in [2.24, 2.45) is 17.3 Å². The maximum absolute atomic E-state index is 15.4. The molecule has 11 nitrogen and oxygen atoms in total. The van der Waals surface area contributed by atoms with E-state index in [1.54, 1.807) is 65.8 Å². The van der Waals surface area contributed by atoms with Crippen LogP contribution in [0, 0.1) is 23.1 Å².